The van der Waals surface area contributed by atoms with Crippen LogP contribution in [0.2, 0.25) is 0 Å². The van der Waals surface area contributed by atoms with E-state index in [2.05, 4.69) is 53.1 Å². The van der Waals surface area contributed by atoms with Crippen LogP contribution in [0.1, 0.15) is 62.3 Å². The minimum absolute atomic E-state index is 0.494. The molecule has 0 unspecified atom stereocenters. The fourth-order valence-corrected chi connectivity index (χ4v) is 2.20. The van der Waals surface area contributed by atoms with Gasteiger partial charge in [0.1, 0.15) is 6.33 Å². The van der Waals surface area contributed by atoms with E-state index in [-0.39, 0.29) is 0 Å². The number of unbranched alkanes of at least 4 members (excludes halogenated alkanes) is 1. The van der Waals surface area contributed by atoms with E-state index in [4.69, 9.17) is 0 Å². The maximum Gasteiger partial charge on any atom is 0.115 e. The van der Waals surface area contributed by atoms with Crippen LogP contribution in [0.4, 0.5) is 0 Å². The highest BCUT2D eigenvalue weighted by Crippen LogP contribution is 2.14. The molecule has 0 fully saturated rings. The number of rotatable bonds is 7. The number of nitrogens with one attached hydrogen (secondary N) is 1. The summed E-state index contributed by atoms with van der Waals surface area (Å²) in [6.45, 7) is 6.46. The van der Waals surface area contributed by atoms with Crippen molar-refractivity contribution < 1.29 is 0 Å². The summed E-state index contributed by atoms with van der Waals surface area (Å²) in [5, 5.41) is 7.46. The third kappa shape index (κ3) is 4.15. The van der Waals surface area contributed by atoms with Gasteiger partial charge >= 0.3 is 0 Å². The molecule has 108 valence electrons. The van der Waals surface area contributed by atoms with Crippen molar-refractivity contribution in [2.45, 2.75) is 58.8 Å². The molecular weight excluding hydrogens is 248 g/mol. The zero-order valence-corrected chi connectivity index (χ0v) is 12.7. The molecule has 0 saturated carbocycles. The molecule has 0 atom stereocenters. The Balaban J connectivity index is 1.75. The van der Waals surface area contributed by atoms with Crippen molar-refractivity contribution in [3.63, 3.8) is 0 Å². The molecule has 2 heterocycles. The van der Waals surface area contributed by atoms with Gasteiger partial charge in [-0.15, -0.1) is 0 Å². The Kier molecular flexibility index (Phi) is 5.27. The Morgan fingerprint density at radius 2 is 1.80 bits per heavy atom. The highest BCUT2D eigenvalue weighted by molar-refractivity contribution is 5.12. The van der Waals surface area contributed by atoms with Crippen LogP contribution in [-0.2, 0) is 19.3 Å². The van der Waals surface area contributed by atoms with Gasteiger partial charge in [0, 0.05) is 17.1 Å². The molecule has 0 amide bonds. The SMILES string of the molecule is CCc1cc(CCCCc2cc(C(C)C)n[nH]2)ncn1. The predicted octanol–water partition coefficient (Wildman–Crippen LogP) is 3.45. The third-order valence-corrected chi connectivity index (χ3v) is 3.51. The molecule has 0 aliphatic heterocycles. The zero-order valence-electron chi connectivity index (χ0n) is 12.7. The van der Waals surface area contributed by atoms with Crippen LogP contribution in [0.25, 0.3) is 0 Å². The Bertz CT molecular complexity index is 531. The van der Waals surface area contributed by atoms with Crippen LogP contribution in [-0.4, -0.2) is 20.2 Å². The molecule has 0 aromatic carbocycles. The van der Waals surface area contributed by atoms with Gasteiger partial charge in [0.2, 0.25) is 0 Å². The van der Waals surface area contributed by atoms with E-state index in [1.54, 1.807) is 6.33 Å². The number of aryl methyl sites for hydroxylation is 3. The summed E-state index contributed by atoms with van der Waals surface area (Å²) >= 11 is 0. The number of hydrogen-bond donors (Lipinski definition) is 1. The van der Waals surface area contributed by atoms with Crippen molar-refractivity contribution in [1.82, 2.24) is 20.2 Å². The average molecular weight is 272 g/mol. The molecule has 0 radical (unpaired) electrons. The van der Waals surface area contributed by atoms with E-state index in [1.165, 1.54) is 5.69 Å². The molecule has 1 N–H and O–H groups in total. The Hall–Kier alpha value is -1.71. The van der Waals surface area contributed by atoms with Gasteiger partial charge in [-0.2, -0.15) is 5.10 Å². The van der Waals surface area contributed by atoms with Crippen molar-refractivity contribution in [2.24, 2.45) is 0 Å². The predicted molar refractivity (Wildman–Crippen MR) is 80.7 cm³/mol. The number of aromatic amines is 1. The normalized spacial score (nSPS) is 11.2. The van der Waals surface area contributed by atoms with Gasteiger partial charge in [-0.25, -0.2) is 9.97 Å². The summed E-state index contributed by atoms with van der Waals surface area (Å²) in [5.41, 5.74) is 4.68. The molecule has 0 aliphatic rings. The van der Waals surface area contributed by atoms with Crippen LogP contribution in [0.3, 0.4) is 0 Å². The second kappa shape index (κ2) is 7.17. The standard InChI is InChI=1S/C16H24N4/c1-4-13-9-14(18-11-17-13)7-5-6-8-15-10-16(12(2)3)20-19-15/h9-12H,4-8H2,1-3H3,(H,19,20). The van der Waals surface area contributed by atoms with Crippen LogP contribution in [0, 0.1) is 0 Å². The lowest BCUT2D eigenvalue weighted by Crippen LogP contribution is -1.96. The lowest BCUT2D eigenvalue weighted by Gasteiger charge is -2.02. The molecule has 0 spiro atoms. The molecule has 2 rings (SSSR count). The minimum atomic E-state index is 0.494. The van der Waals surface area contributed by atoms with Gasteiger partial charge in [-0.1, -0.05) is 20.8 Å². The van der Waals surface area contributed by atoms with Gasteiger partial charge in [0.05, 0.1) is 5.69 Å². The van der Waals surface area contributed by atoms with Gasteiger partial charge in [0.15, 0.2) is 0 Å². The lowest BCUT2D eigenvalue weighted by atomic mass is 10.1. The number of nitrogens with zero attached hydrogens (tertiary/aromatic N) is 3. The second-order valence-electron chi connectivity index (χ2n) is 5.53. The Labute approximate surface area is 121 Å². The second-order valence-corrected chi connectivity index (χ2v) is 5.53. The molecule has 2 aromatic heterocycles. The first-order chi connectivity index (χ1) is 9.69. The molecule has 4 heteroatoms. The van der Waals surface area contributed by atoms with E-state index in [1.807, 2.05) is 0 Å². The maximum absolute atomic E-state index is 4.33. The number of aromatic nitrogens is 4. The lowest BCUT2D eigenvalue weighted by molar-refractivity contribution is 0.706. The summed E-state index contributed by atoms with van der Waals surface area (Å²) in [7, 11) is 0. The number of H-pyrrole nitrogens is 1. The average Bonchev–Trinajstić information content (AvgIpc) is 2.93. The first kappa shape index (κ1) is 14.7. The van der Waals surface area contributed by atoms with Crippen molar-refractivity contribution in [1.29, 1.82) is 0 Å². The molecule has 20 heavy (non-hydrogen) atoms. The monoisotopic (exact) mass is 272 g/mol. The largest absolute Gasteiger partial charge is 0.282 e. The Morgan fingerprint density at radius 3 is 2.50 bits per heavy atom. The van der Waals surface area contributed by atoms with Gasteiger partial charge in [-0.3, -0.25) is 5.10 Å². The number of hydrogen-bond acceptors (Lipinski definition) is 3. The summed E-state index contributed by atoms with van der Waals surface area (Å²) in [5.74, 6) is 0.494. The summed E-state index contributed by atoms with van der Waals surface area (Å²) < 4.78 is 0. The van der Waals surface area contributed by atoms with Crippen molar-refractivity contribution in [3.8, 4) is 0 Å². The van der Waals surface area contributed by atoms with Gasteiger partial charge < -0.3 is 0 Å². The zero-order chi connectivity index (χ0) is 14.4. The van der Waals surface area contributed by atoms with Crippen molar-refractivity contribution in [3.05, 3.63) is 41.2 Å². The topological polar surface area (TPSA) is 54.5 Å². The molecule has 0 aliphatic carbocycles. The molecule has 4 nitrogen and oxygen atoms in total. The van der Waals surface area contributed by atoms with Crippen molar-refractivity contribution >= 4 is 0 Å². The van der Waals surface area contributed by atoms with Crippen LogP contribution in [0.5, 0.6) is 0 Å². The Morgan fingerprint density at radius 1 is 1.05 bits per heavy atom. The third-order valence-electron chi connectivity index (χ3n) is 3.51. The van der Waals surface area contributed by atoms with Crippen LogP contribution in [0.15, 0.2) is 18.5 Å². The van der Waals surface area contributed by atoms with E-state index in [0.29, 0.717) is 5.92 Å². The van der Waals surface area contributed by atoms with E-state index in [0.717, 1.165) is 49.2 Å². The van der Waals surface area contributed by atoms with Crippen molar-refractivity contribution in [2.75, 3.05) is 0 Å². The first-order valence-corrected chi connectivity index (χ1v) is 7.53. The molecular formula is C16H24N4. The first-order valence-electron chi connectivity index (χ1n) is 7.53. The van der Waals surface area contributed by atoms with E-state index in [9.17, 15) is 0 Å². The fourth-order valence-electron chi connectivity index (χ4n) is 2.20. The molecule has 0 saturated heterocycles. The van der Waals surface area contributed by atoms with E-state index >= 15 is 0 Å². The van der Waals surface area contributed by atoms with Crippen LogP contribution < -0.4 is 0 Å². The highest BCUT2D eigenvalue weighted by atomic mass is 15.1. The van der Waals surface area contributed by atoms with Gasteiger partial charge in [-0.05, 0) is 50.2 Å². The molecule has 2 aromatic rings. The molecule has 0 bridgehead atoms. The highest BCUT2D eigenvalue weighted by Gasteiger charge is 2.05. The van der Waals surface area contributed by atoms with E-state index < -0.39 is 0 Å². The van der Waals surface area contributed by atoms with Crippen LogP contribution >= 0.6 is 0 Å². The summed E-state index contributed by atoms with van der Waals surface area (Å²) in [6, 6.07) is 4.30. The quantitative estimate of drug-likeness (QED) is 0.785. The minimum Gasteiger partial charge on any atom is -0.282 e. The fraction of sp³-hybridized carbons (Fsp3) is 0.562. The summed E-state index contributed by atoms with van der Waals surface area (Å²) in [6.07, 6.45) is 7.05. The van der Waals surface area contributed by atoms with Gasteiger partial charge in [0.25, 0.3) is 0 Å². The summed E-state index contributed by atoms with van der Waals surface area (Å²) in [4.78, 5) is 8.56. The maximum atomic E-state index is 4.33. The smallest absolute Gasteiger partial charge is 0.115 e.